The fraction of sp³-hybridized carbons (Fsp3) is 0.308. The van der Waals surface area contributed by atoms with E-state index < -0.39 is 0 Å². The van der Waals surface area contributed by atoms with Gasteiger partial charge in [0.15, 0.2) is 11.5 Å². The molecule has 4 nitrogen and oxygen atoms in total. The van der Waals surface area contributed by atoms with Crippen LogP contribution in [0.5, 0.6) is 11.5 Å². The number of nitrogens with zero attached hydrogens (tertiary/aromatic N) is 1. The Morgan fingerprint density at radius 3 is 2.24 bits per heavy atom. The maximum absolute atomic E-state index is 11.7. The van der Waals surface area contributed by atoms with Crippen molar-refractivity contribution in [3.63, 3.8) is 0 Å². The van der Waals surface area contributed by atoms with E-state index in [1.54, 1.807) is 31.9 Å². The molecule has 0 N–H and O–H groups in total. The Kier molecular flexibility index (Phi) is 2.79. The molecule has 1 heterocycles. The van der Waals surface area contributed by atoms with Crippen LogP contribution < -0.4 is 15.0 Å². The normalized spacial score (nSPS) is 10.6. The predicted molar refractivity (Wildman–Crippen MR) is 67.0 cm³/mol. The van der Waals surface area contributed by atoms with E-state index in [1.807, 2.05) is 19.1 Å². The van der Waals surface area contributed by atoms with Crippen molar-refractivity contribution in [2.75, 3.05) is 14.2 Å². The first kappa shape index (κ1) is 11.5. The zero-order chi connectivity index (χ0) is 12.6. The average Bonchev–Trinajstić information content (AvgIpc) is 2.34. The molecule has 0 unspecified atom stereocenters. The Balaban J connectivity index is 2.88. The van der Waals surface area contributed by atoms with Crippen molar-refractivity contribution in [1.82, 2.24) is 4.57 Å². The monoisotopic (exact) mass is 233 g/mol. The van der Waals surface area contributed by atoms with Crippen LogP contribution in [0.2, 0.25) is 0 Å². The molecule has 2 rings (SSSR count). The Morgan fingerprint density at radius 1 is 1.06 bits per heavy atom. The Labute approximate surface area is 99.4 Å². The topological polar surface area (TPSA) is 40.5 Å². The molecule has 2 aromatic rings. The number of hydrogen-bond donors (Lipinski definition) is 0. The van der Waals surface area contributed by atoms with E-state index >= 15 is 0 Å². The van der Waals surface area contributed by atoms with Crippen molar-refractivity contribution < 1.29 is 9.47 Å². The molecule has 0 aliphatic rings. The van der Waals surface area contributed by atoms with Gasteiger partial charge in [-0.1, -0.05) is 0 Å². The molecule has 0 bridgehead atoms. The SMILES string of the molecule is COc1cc2cc(=O)n(C)c(C)c2cc1OC. The van der Waals surface area contributed by atoms with Gasteiger partial charge in [0.1, 0.15) is 0 Å². The van der Waals surface area contributed by atoms with Gasteiger partial charge >= 0.3 is 0 Å². The molecule has 1 aromatic heterocycles. The number of ether oxygens (including phenoxy) is 2. The number of aromatic nitrogens is 1. The molecule has 90 valence electrons. The summed E-state index contributed by atoms with van der Waals surface area (Å²) in [5.74, 6) is 1.30. The molecular formula is C13H15NO3. The van der Waals surface area contributed by atoms with Gasteiger partial charge in [-0.15, -0.1) is 0 Å². The van der Waals surface area contributed by atoms with E-state index in [-0.39, 0.29) is 5.56 Å². The molecule has 17 heavy (non-hydrogen) atoms. The fourth-order valence-electron chi connectivity index (χ4n) is 1.90. The zero-order valence-electron chi connectivity index (χ0n) is 10.4. The van der Waals surface area contributed by atoms with Crippen molar-refractivity contribution in [2.24, 2.45) is 7.05 Å². The van der Waals surface area contributed by atoms with Crippen molar-refractivity contribution in [2.45, 2.75) is 6.92 Å². The second-order valence-electron chi connectivity index (χ2n) is 3.92. The van der Waals surface area contributed by atoms with Crippen molar-refractivity contribution >= 4 is 10.8 Å². The maximum Gasteiger partial charge on any atom is 0.251 e. The summed E-state index contributed by atoms with van der Waals surface area (Å²) in [4.78, 5) is 11.7. The van der Waals surface area contributed by atoms with Crippen LogP contribution in [0.3, 0.4) is 0 Å². The third-order valence-corrected chi connectivity index (χ3v) is 3.06. The van der Waals surface area contributed by atoms with E-state index in [4.69, 9.17) is 9.47 Å². The van der Waals surface area contributed by atoms with Crippen LogP contribution >= 0.6 is 0 Å². The van der Waals surface area contributed by atoms with Gasteiger partial charge in [0.2, 0.25) is 0 Å². The average molecular weight is 233 g/mol. The highest BCUT2D eigenvalue weighted by Crippen LogP contribution is 2.32. The van der Waals surface area contributed by atoms with Crippen molar-refractivity contribution in [1.29, 1.82) is 0 Å². The van der Waals surface area contributed by atoms with E-state index in [2.05, 4.69) is 0 Å². The first-order chi connectivity index (χ1) is 8.08. The summed E-state index contributed by atoms with van der Waals surface area (Å²) in [6.45, 7) is 1.91. The Bertz CT molecular complexity index is 629. The first-order valence-electron chi connectivity index (χ1n) is 5.31. The molecule has 0 aliphatic carbocycles. The molecule has 0 fully saturated rings. The number of benzene rings is 1. The fourth-order valence-corrected chi connectivity index (χ4v) is 1.90. The van der Waals surface area contributed by atoms with Gasteiger partial charge in [-0.05, 0) is 24.4 Å². The Morgan fingerprint density at radius 2 is 1.65 bits per heavy atom. The van der Waals surface area contributed by atoms with Gasteiger partial charge in [0.25, 0.3) is 5.56 Å². The molecule has 4 heteroatoms. The van der Waals surface area contributed by atoms with Crippen LogP contribution in [0, 0.1) is 6.92 Å². The maximum atomic E-state index is 11.7. The second-order valence-corrected chi connectivity index (χ2v) is 3.92. The zero-order valence-corrected chi connectivity index (χ0v) is 10.4. The van der Waals surface area contributed by atoms with Crippen LogP contribution in [0.1, 0.15) is 5.69 Å². The van der Waals surface area contributed by atoms with Crippen LogP contribution in [-0.2, 0) is 7.05 Å². The molecular weight excluding hydrogens is 218 g/mol. The molecule has 0 saturated heterocycles. The van der Waals surface area contributed by atoms with Gasteiger partial charge in [-0.25, -0.2) is 0 Å². The smallest absolute Gasteiger partial charge is 0.251 e. The molecule has 0 atom stereocenters. The number of aryl methyl sites for hydroxylation is 1. The Hall–Kier alpha value is -1.97. The molecule has 1 aromatic carbocycles. The lowest BCUT2D eigenvalue weighted by atomic mass is 10.1. The highest BCUT2D eigenvalue weighted by Gasteiger charge is 2.09. The minimum Gasteiger partial charge on any atom is -0.493 e. The number of methoxy groups -OCH3 is 2. The van der Waals surface area contributed by atoms with Crippen LogP contribution in [0.4, 0.5) is 0 Å². The van der Waals surface area contributed by atoms with Crippen LogP contribution in [0.15, 0.2) is 23.0 Å². The third-order valence-electron chi connectivity index (χ3n) is 3.06. The minimum atomic E-state index is -0.0257. The second kappa shape index (κ2) is 4.13. The highest BCUT2D eigenvalue weighted by atomic mass is 16.5. The van der Waals surface area contributed by atoms with Gasteiger partial charge in [0, 0.05) is 24.2 Å². The van der Waals surface area contributed by atoms with Crippen LogP contribution in [-0.4, -0.2) is 18.8 Å². The molecule has 0 spiro atoms. The molecule has 0 amide bonds. The lowest BCUT2D eigenvalue weighted by Crippen LogP contribution is -2.17. The van der Waals surface area contributed by atoms with Gasteiger partial charge in [-0.2, -0.15) is 0 Å². The molecule has 0 radical (unpaired) electrons. The predicted octanol–water partition coefficient (Wildman–Crippen LogP) is 1.86. The van der Waals surface area contributed by atoms with Gasteiger partial charge in [0.05, 0.1) is 14.2 Å². The lowest BCUT2D eigenvalue weighted by molar-refractivity contribution is 0.356. The highest BCUT2D eigenvalue weighted by molar-refractivity contribution is 5.87. The minimum absolute atomic E-state index is 0.0257. The number of pyridine rings is 1. The largest absolute Gasteiger partial charge is 0.493 e. The summed E-state index contributed by atoms with van der Waals surface area (Å²) in [5.41, 5.74) is 0.885. The first-order valence-corrected chi connectivity index (χ1v) is 5.31. The van der Waals surface area contributed by atoms with Crippen molar-refractivity contribution in [3.05, 3.63) is 34.2 Å². The molecule has 0 aliphatic heterocycles. The van der Waals surface area contributed by atoms with Crippen LogP contribution in [0.25, 0.3) is 10.8 Å². The summed E-state index contributed by atoms with van der Waals surface area (Å²) in [5, 5.41) is 1.85. The standard InChI is InChI=1S/C13H15NO3/c1-8-10-7-12(17-4)11(16-3)5-9(10)6-13(15)14(8)2/h5-7H,1-4H3. The summed E-state index contributed by atoms with van der Waals surface area (Å²) in [6, 6.07) is 5.32. The quantitative estimate of drug-likeness (QED) is 0.795. The number of rotatable bonds is 2. The number of fused-ring (bicyclic) bond motifs is 1. The summed E-state index contributed by atoms with van der Waals surface area (Å²) >= 11 is 0. The summed E-state index contributed by atoms with van der Waals surface area (Å²) in [7, 11) is 4.94. The lowest BCUT2D eigenvalue weighted by Gasteiger charge is -2.12. The summed E-state index contributed by atoms with van der Waals surface area (Å²) < 4.78 is 12.1. The number of hydrogen-bond acceptors (Lipinski definition) is 3. The van der Waals surface area contributed by atoms with Crippen molar-refractivity contribution in [3.8, 4) is 11.5 Å². The van der Waals surface area contributed by atoms with E-state index in [9.17, 15) is 4.79 Å². The molecule has 0 saturated carbocycles. The van der Waals surface area contributed by atoms with E-state index in [1.165, 1.54) is 0 Å². The van der Waals surface area contributed by atoms with Gasteiger partial charge in [-0.3, -0.25) is 4.79 Å². The summed E-state index contributed by atoms with van der Waals surface area (Å²) in [6.07, 6.45) is 0. The van der Waals surface area contributed by atoms with E-state index in [0.29, 0.717) is 11.5 Å². The van der Waals surface area contributed by atoms with Gasteiger partial charge < -0.3 is 14.0 Å². The third kappa shape index (κ3) is 1.75. The van der Waals surface area contributed by atoms with E-state index in [0.717, 1.165) is 16.5 Å².